The average Bonchev–Trinajstić information content (AvgIpc) is 3.12. The van der Waals surface area contributed by atoms with Gasteiger partial charge in [0.25, 0.3) is 0 Å². The van der Waals surface area contributed by atoms with E-state index in [2.05, 4.69) is 0 Å². The highest BCUT2D eigenvalue weighted by atomic mass is 32.2. The third-order valence-corrected chi connectivity index (χ3v) is 7.12. The summed E-state index contributed by atoms with van der Waals surface area (Å²) in [6, 6.07) is 5.09. The maximum Gasteiger partial charge on any atom is 0.243 e. The van der Waals surface area contributed by atoms with Crippen LogP contribution in [0, 0.1) is 18.8 Å². The van der Waals surface area contributed by atoms with E-state index in [0.29, 0.717) is 31.6 Å². The minimum Gasteiger partial charge on any atom is -0.396 e. The van der Waals surface area contributed by atoms with Gasteiger partial charge >= 0.3 is 0 Å². The number of amides is 1. The van der Waals surface area contributed by atoms with Crippen molar-refractivity contribution in [3.63, 3.8) is 0 Å². The van der Waals surface area contributed by atoms with Crippen LogP contribution in [0.25, 0.3) is 0 Å². The number of hydrogen-bond acceptors (Lipinski definition) is 4. The van der Waals surface area contributed by atoms with Crippen molar-refractivity contribution in [1.29, 1.82) is 0 Å². The number of sulfonamides is 1. The number of carbonyl (C=O) groups is 1. The topological polar surface area (TPSA) is 77.9 Å². The van der Waals surface area contributed by atoms with Gasteiger partial charge in [-0.2, -0.15) is 4.31 Å². The van der Waals surface area contributed by atoms with Crippen LogP contribution in [0.4, 0.5) is 5.69 Å². The molecule has 6 nitrogen and oxygen atoms in total. The molecule has 1 aromatic carbocycles. The zero-order valence-electron chi connectivity index (χ0n) is 14.1. The lowest BCUT2D eigenvalue weighted by Crippen LogP contribution is -2.30. The van der Waals surface area contributed by atoms with E-state index in [-0.39, 0.29) is 29.2 Å². The molecule has 2 atom stereocenters. The monoisotopic (exact) mass is 352 g/mol. The smallest absolute Gasteiger partial charge is 0.243 e. The molecule has 2 heterocycles. The number of nitrogens with zero attached hydrogens (tertiary/aromatic N) is 2. The number of aryl methyl sites for hydroxylation is 1. The molecule has 2 aliphatic heterocycles. The van der Waals surface area contributed by atoms with Gasteiger partial charge in [-0.1, -0.05) is 6.92 Å². The van der Waals surface area contributed by atoms with Gasteiger partial charge in [-0.3, -0.25) is 4.79 Å². The fraction of sp³-hybridized carbons (Fsp3) is 0.588. The van der Waals surface area contributed by atoms with Gasteiger partial charge in [-0.05, 0) is 48.9 Å². The molecule has 0 aliphatic carbocycles. The van der Waals surface area contributed by atoms with Crippen molar-refractivity contribution in [2.45, 2.75) is 31.6 Å². The van der Waals surface area contributed by atoms with Crippen LogP contribution in [0.3, 0.4) is 0 Å². The van der Waals surface area contributed by atoms with Gasteiger partial charge in [0.05, 0.1) is 4.90 Å². The van der Waals surface area contributed by atoms with Crippen molar-refractivity contribution in [3.8, 4) is 0 Å². The normalized spacial score (nSPS) is 25.6. The Bertz CT molecular complexity index is 747. The molecular weight excluding hydrogens is 328 g/mol. The highest BCUT2D eigenvalue weighted by Crippen LogP contribution is 2.31. The van der Waals surface area contributed by atoms with Crippen LogP contribution in [0.1, 0.15) is 25.3 Å². The zero-order chi connectivity index (χ0) is 17.5. The summed E-state index contributed by atoms with van der Waals surface area (Å²) in [4.78, 5) is 13.9. The third-order valence-electron chi connectivity index (χ3n) is 5.13. The molecule has 132 valence electrons. The highest BCUT2D eigenvalue weighted by molar-refractivity contribution is 7.89. The van der Waals surface area contributed by atoms with Crippen LogP contribution >= 0.6 is 0 Å². The predicted molar refractivity (Wildman–Crippen MR) is 91.3 cm³/mol. The number of rotatable bonds is 4. The van der Waals surface area contributed by atoms with E-state index in [1.165, 1.54) is 4.31 Å². The largest absolute Gasteiger partial charge is 0.396 e. The number of hydrogen-bond donors (Lipinski definition) is 1. The van der Waals surface area contributed by atoms with Crippen molar-refractivity contribution in [1.82, 2.24) is 4.31 Å². The maximum absolute atomic E-state index is 12.9. The van der Waals surface area contributed by atoms with Gasteiger partial charge in [-0.15, -0.1) is 0 Å². The van der Waals surface area contributed by atoms with Gasteiger partial charge in [0.2, 0.25) is 15.9 Å². The summed E-state index contributed by atoms with van der Waals surface area (Å²) < 4.78 is 27.3. The first-order chi connectivity index (χ1) is 11.3. The van der Waals surface area contributed by atoms with E-state index >= 15 is 0 Å². The molecule has 2 fully saturated rings. The third kappa shape index (κ3) is 2.96. The Morgan fingerprint density at radius 2 is 2.04 bits per heavy atom. The molecule has 0 radical (unpaired) electrons. The minimum absolute atomic E-state index is 0.00216. The summed E-state index contributed by atoms with van der Waals surface area (Å²) in [5.41, 5.74) is 1.41. The number of aliphatic hydroxyl groups excluding tert-OH is 1. The van der Waals surface area contributed by atoms with Crippen molar-refractivity contribution in [3.05, 3.63) is 23.8 Å². The fourth-order valence-corrected chi connectivity index (χ4v) is 5.37. The van der Waals surface area contributed by atoms with Gasteiger partial charge < -0.3 is 10.0 Å². The molecule has 1 N–H and O–H groups in total. The molecule has 0 bridgehead atoms. The lowest BCUT2D eigenvalue weighted by atomic mass is 10.00. The van der Waals surface area contributed by atoms with Crippen LogP contribution in [0.15, 0.2) is 23.1 Å². The van der Waals surface area contributed by atoms with E-state index in [1.54, 1.807) is 30.0 Å². The van der Waals surface area contributed by atoms with Crippen molar-refractivity contribution in [2.24, 2.45) is 11.8 Å². The van der Waals surface area contributed by atoms with Crippen molar-refractivity contribution < 1.29 is 18.3 Å². The highest BCUT2D eigenvalue weighted by Gasteiger charge is 2.37. The van der Waals surface area contributed by atoms with Crippen LogP contribution in [-0.4, -0.2) is 50.0 Å². The van der Waals surface area contributed by atoms with Crippen LogP contribution in [0.5, 0.6) is 0 Å². The van der Waals surface area contributed by atoms with E-state index in [9.17, 15) is 18.3 Å². The van der Waals surface area contributed by atoms with Crippen molar-refractivity contribution in [2.75, 3.05) is 31.1 Å². The lowest BCUT2D eigenvalue weighted by Gasteiger charge is -2.20. The first-order valence-electron chi connectivity index (χ1n) is 8.36. The molecule has 7 heteroatoms. The zero-order valence-corrected chi connectivity index (χ0v) is 14.9. The molecular formula is C17H24N2O4S. The number of anilines is 1. The van der Waals surface area contributed by atoms with E-state index in [0.717, 1.165) is 12.1 Å². The molecule has 2 aliphatic rings. The summed E-state index contributed by atoms with van der Waals surface area (Å²) in [5.74, 6) is 0.220. The first-order valence-corrected chi connectivity index (χ1v) is 9.80. The van der Waals surface area contributed by atoms with Gasteiger partial charge in [-0.25, -0.2) is 8.42 Å². The minimum atomic E-state index is -3.58. The van der Waals surface area contributed by atoms with E-state index < -0.39 is 10.0 Å². The summed E-state index contributed by atoms with van der Waals surface area (Å²) in [6.45, 7) is 5.20. The fourth-order valence-electron chi connectivity index (χ4n) is 3.57. The van der Waals surface area contributed by atoms with Crippen LogP contribution < -0.4 is 4.90 Å². The Labute approximate surface area is 143 Å². The lowest BCUT2D eigenvalue weighted by molar-refractivity contribution is -0.117. The molecule has 1 aromatic rings. The Kier molecular flexibility index (Phi) is 4.68. The predicted octanol–water partition coefficient (Wildman–Crippen LogP) is 1.37. The summed E-state index contributed by atoms with van der Waals surface area (Å²) in [6.07, 6.45) is 1.39. The summed E-state index contributed by atoms with van der Waals surface area (Å²) in [7, 11) is -3.58. The van der Waals surface area contributed by atoms with Crippen molar-refractivity contribution >= 4 is 21.6 Å². The quantitative estimate of drug-likeness (QED) is 0.888. The van der Waals surface area contributed by atoms with Gasteiger partial charge in [0.15, 0.2) is 0 Å². The number of aliphatic hydroxyl groups is 1. The Balaban J connectivity index is 1.88. The van der Waals surface area contributed by atoms with E-state index in [4.69, 9.17) is 0 Å². The molecule has 0 unspecified atom stereocenters. The SMILES string of the molecule is Cc1cc(N2CCCC2=O)ccc1S(=O)(=O)N1C[C@@H](CO)[C@H](C)C1. The molecule has 0 saturated carbocycles. The molecule has 24 heavy (non-hydrogen) atoms. The first kappa shape index (κ1) is 17.4. The van der Waals surface area contributed by atoms with Crippen LogP contribution in [0.2, 0.25) is 0 Å². The standard InChI is InChI=1S/C17H24N2O4S/c1-12-8-15(19-7-3-4-17(19)21)5-6-16(12)24(22,23)18-9-13(2)14(10-18)11-20/h5-6,8,13-14,20H,3-4,7,9-11H2,1-2H3/t13-,14+/m1/s1. The average molecular weight is 352 g/mol. The Morgan fingerprint density at radius 1 is 1.29 bits per heavy atom. The molecule has 0 spiro atoms. The van der Waals surface area contributed by atoms with Gasteiger partial charge in [0.1, 0.15) is 0 Å². The Morgan fingerprint density at radius 3 is 2.58 bits per heavy atom. The second-order valence-electron chi connectivity index (χ2n) is 6.84. The summed E-state index contributed by atoms with van der Waals surface area (Å²) >= 11 is 0. The second-order valence-corrected chi connectivity index (χ2v) is 8.75. The number of carbonyl (C=O) groups excluding carboxylic acids is 1. The van der Waals surface area contributed by atoms with Gasteiger partial charge in [0, 0.05) is 38.3 Å². The molecule has 1 amide bonds. The Hall–Kier alpha value is -1.44. The van der Waals surface area contributed by atoms with Crippen LogP contribution in [-0.2, 0) is 14.8 Å². The number of benzene rings is 1. The van der Waals surface area contributed by atoms with E-state index in [1.807, 2.05) is 6.92 Å². The second kappa shape index (κ2) is 6.46. The maximum atomic E-state index is 12.9. The molecule has 2 saturated heterocycles. The summed E-state index contributed by atoms with van der Waals surface area (Å²) in [5, 5.41) is 9.37. The molecule has 0 aromatic heterocycles. The molecule has 3 rings (SSSR count).